The molecule has 1 aliphatic rings. The smallest absolute Gasteiger partial charge is 0.410 e. The lowest BCUT2D eigenvalue weighted by Crippen LogP contribution is -2.38. The number of amides is 1. The molecule has 2 aromatic rings. The van der Waals surface area contributed by atoms with E-state index in [1.165, 1.54) is 9.58 Å². The average Bonchev–Trinajstić information content (AvgIpc) is 2.90. The predicted octanol–water partition coefficient (Wildman–Crippen LogP) is 1.90. The SMILES string of the molecule is O=C(OCCCl)N1CCc2[nH]n(-c3ccccc3)c(=O)c2C1. The van der Waals surface area contributed by atoms with Gasteiger partial charge in [-0.05, 0) is 12.1 Å². The molecule has 0 bridgehead atoms. The van der Waals surface area contributed by atoms with Crippen molar-refractivity contribution < 1.29 is 9.53 Å². The summed E-state index contributed by atoms with van der Waals surface area (Å²) in [6.45, 7) is 0.944. The van der Waals surface area contributed by atoms with Crippen LogP contribution in [0.1, 0.15) is 11.3 Å². The first kappa shape index (κ1) is 14.7. The Morgan fingerprint density at radius 3 is 2.82 bits per heavy atom. The van der Waals surface area contributed by atoms with Gasteiger partial charge in [-0.25, -0.2) is 9.48 Å². The molecule has 6 nitrogen and oxygen atoms in total. The van der Waals surface area contributed by atoms with E-state index in [0.717, 1.165) is 11.4 Å². The highest BCUT2D eigenvalue weighted by Crippen LogP contribution is 2.16. The van der Waals surface area contributed by atoms with Gasteiger partial charge in [0, 0.05) is 18.7 Å². The zero-order valence-corrected chi connectivity index (χ0v) is 12.7. The third-order valence-electron chi connectivity index (χ3n) is 3.63. The number of hydrogen-bond donors (Lipinski definition) is 1. The van der Waals surface area contributed by atoms with Crippen LogP contribution in [0.4, 0.5) is 4.79 Å². The molecule has 0 spiro atoms. The zero-order chi connectivity index (χ0) is 15.5. The number of halogens is 1. The number of para-hydroxylation sites is 1. The van der Waals surface area contributed by atoms with Crippen LogP contribution >= 0.6 is 11.6 Å². The fourth-order valence-corrected chi connectivity index (χ4v) is 2.61. The lowest BCUT2D eigenvalue weighted by molar-refractivity contribution is 0.103. The van der Waals surface area contributed by atoms with Crippen LogP contribution in [0.3, 0.4) is 0 Å². The number of fused-ring (bicyclic) bond motifs is 1. The van der Waals surface area contributed by atoms with Crippen LogP contribution in [0.2, 0.25) is 0 Å². The first-order chi connectivity index (χ1) is 10.7. The normalized spacial score (nSPS) is 13.8. The molecule has 116 valence electrons. The van der Waals surface area contributed by atoms with Crippen LogP contribution in [0.15, 0.2) is 35.1 Å². The highest BCUT2D eigenvalue weighted by molar-refractivity contribution is 6.18. The van der Waals surface area contributed by atoms with Crippen LogP contribution in [0, 0.1) is 0 Å². The van der Waals surface area contributed by atoms with E-state index < -0.39 is 6.09 Å². The molecule has 1 aliphatic heterocycles. The summed E-state index contributed by atoms with van der Waals surface area (Å²) < 4.78 is 6.53. The Balaban J connectivity index is 1.85. The molecule has 0 atom stereocenters. The average molecular weight is 322 g/mol. The number of hydrogen-bond acceptors (Lipinski definition) is 3. The number of nitrogens with one attached hydrogen (secondary N) is 1. The second kappa shape index (κ2) is 6.27. The third kappa shape index (κ3) is 2.74. The molecule has 1 aromatic heterocycles. The molecule has 0 radical (unpaired) electrons. The van der Waals surface area contributed by atoms with Gasteiger partial charge in [-0.3, -0.25) is 9.89 Å². The van der Waals surface area contributed by atoms with E-state index in [9.17, 15) is 9.59 Å². The topological polar surface area (TPSA) is 67.3 Å². The molecule has 0 unspecified atom stereocenters. The Kier molecular flexibility index (Phi) is 4.20. The number of nitrogens with zero attached hydrogens (tertiary/aromatic N) is 2. The van der Waals surface area contributed by atoms with Gasteiger partial charge in [0.2, 0.25) is 0 Å². The van der Waals surface area contributed by atoms with Gasteiger partial charge in [-0.1, -0.05) is 18.2 Å². The monoisotopic (exact) mass is 321 g/mol. The minimum absolute atomic E-state index is 0.129. The van der Waals surface area contributed by atoms with E-state index in [-0.39, 0.29) is 24.6 Å². The molecule has 0 saturated carbocycles. The Labute approximate surface area is 132 Å². The highest BCUT2D eigenvalue weighted by atomic mass is 35.5. The van der Waals surface area contributed by atoms with Crippen molar-refractivity contribution in [3.05, 3.63) is 51.9 Å². The first-order valence-electron chi connectivity index (χ1n) is 7.06. The molecular weight excluding hydrogens is 306 g/mol. The van der Waals surface area contributed by atoms with Crippen LogP contribution < -0.4 is 5.56 Å². The number of carbonyl (C=O) groups is 1. The lowest BCUT2D eigenvalue weighted by Gasteiger charge is -2.25. The van der Waals surface area contributed by atoms with Gasteiger partial charge >= 0.3 is 6.09 Å². The van der Waals surface area contributed by atoms with E-state index in [4.69, 9.17) is 16.3 Å². The Hall–Kier alpha value is -2.21. The van der Waals surface area contributed by atoms with Gasteiger partial charge < -0.3 is 9.64 Å². The molecule has 0 aliphatic carbocycles. The van der Waals surface area contributed by atoms with Crippen LogP contribution in [0.5, 0.6) is 0 Å². The lowest BCUT2D eigenvalue weighted by atomic mass is 10.1. The number of rotatable bonds is 3. The minimum atomic E-state index is -0.432. The summed E-state index contributed by atoms with van der Waals surface area (Å²) in [4.78, 5) is 25.9. The van der Waals surface area contributed by atoms with Crippen molar-refractivity contribution in [1.82, 2.24) is 14.7 Å². The summed E-state index contributed by atoms with van der Waals surface area (Å²) in [6.07, 6.45) is 0.165. The standard InChI is InChI=1S/C15H16ClN3O3/c16-7-9-22-15(21)18-8-6-13-12(10-18)14(20)19(17-13)11-4-2-1-3-5-11/h1-5,17H,6-10H2. The quantitative estimate of drug-likeness (QED) is 0.878. The third-order valence-corrected chi connectivity index (χ3v) is 3.78. The van der Waals surface area contributed by atoms with Gasteiger partial charge in [0.1, 0.15) is 6.61 Å². The number of carbonyl (C=O) groups excluding carboxylic acids is 1. The van der Waals surface area contributed by atoms with Crippen molar-refractivity contribution >= 4 is 17.7 Å². The van der Waals surface area contributed by atoms with E-state index in [2.05, 4.69) is 5.10 Å². The van der Waals surface area contributed by atoms with Crippen molar-refractivity contribution in [1.29, 1.82) is 0 Å². The zero-order valence-electron chi connectivity index (χ0n) is 11.9. The number of aromatic amines is 1. The molecule has 1 amide bonds. The van der Waals surface area contributed by atoms with E-state index in [0.29, 0.717) is 18.5 Å². The predicted molar refractivity (Wildman–Crippen MR) is 82.6 cm³/mol. The summed E-state index contributed by atoms with van der Waals surface area (Å²) >= 11 is 5.51. The molecule has 22 heavy (non-hydrogen) atoms. The van der Waals surface area contributed by atoms with Crippen molar-refractivity contribution in [2.24, 2.45) is 0 Å². The summed E-state index contributed by atoms with van der Waals surface area (Å²) in [5, 5.41) is 3.13. The highest BCUT2D eigenvalue weighted by Gasteiger charge is 2.26. The van der Waals surface area contributed by atoms with Crippen LogP contribution in [-0.2, 0) is 17.7 Å². The Morgan fingerprint density at radius 2 is 2.09 bits per heavy atom. The van der Waals surface area contributed by atoms with Crippen molar-refractivity contribution in [3.63, 3.8) is 0 Å². The van der Waals surface area contributed by atoms with Crippen molar-refractivity contribution in [2.75, 3.05) is 19.0 Å². The molecule has 2 heterocycles. The maximum Gasteiger partial charge on any atom is 0.410 e. The molecule has 3 rings (SSSR count). The van der Waals surface area contributed by atoms with E-state index in [1.54, 1.807) is 0 Å². The molecule has 1 aromatic carbocycles. The summed E-state index contributed by atoms with van der Waals surface area (Å²) in [7, 11) is 0. The second-order valence-corrected chi connectivity index (χ2v) is 5.40. The van der Waals surface area contributed by atoms with E-state index >= 15 is 0 Å². The van der Waals surface area contributed by atoms with Crippen LogP contribution in [-0.4, -0.2) is 39.8 Å². The number of benzene rings is 1. The van der Waals surface area contributed by atoms with Gasteiger partial charge in [0.25, 0.3) is 5.56 Å². The molecule has 7 heteroatoms. The molecule has 1 N–H and O–H groups in total. The number of aromatic nitrogens is 2. The Morgan fingerprint density at radius 1 is 1.32 bits per heavy atom. The van der Waals surface area contributed by atoms with Crippen LogP contribution in [0.25, 0.3) is 5.69 Å². The number of alkyl halides is 1. The second-order valence-electron chi connectivity index (χ2n) is 5.02. The van der Waals surface area contributed by atoms with Gasteiger partial charge in [-0.2, -0.15) is 0 Å². The molecule has 0 fully saturated rings. The van der Waals surface area contributed by atoms with Crippen molar-refractivity contribution in [3.8, 4) is 5.69 Å². The molecule has 0 saturated heterocycles. The summed E-state index contributed by atoms with van der Waals surface area (Å²) in [6, 6.07) is 9.35. The Bertz CT molecular complexity index is 723. The maximum atomic E-state index is 12.5. The van der Waals surface area contributed by atoms with E-state index in [1.807, 2.05) is 30.3 Å². The fraction of sp³-hybridized carbons (Fsp3) is 0.333. The first-order valence-corrected chi connectivity index (χ1v) is 7.60. The number of ether oxygens (including phenoxy) is 1. The summed E-state index contributed by atoms with van der Waals surface area (Å²) in [5.74, 6) is 0.260. The number of H-pyrrole nitrogens is 1. The minimum Gasteiger partial charge on any atom is -0.448 e. The van der Waals surface area contributed by atoms with Gasteiger partial charge in [-0.15, -0.1) is 11.6 Å². The largest absolute Gasteiger partial charge is 0.448 e. The summed E-state index contributed by atoms with van der Waals surface area (Å²) in [5.41, 5.74) is 2.13. The van der Waals surface area contributed by atoms with Gasteiger partial charge in [0.15, 0.2) is 0 Å². The molecular formula is C15H16ClN3O3. The maximum absolute atomic E-state index is 12.5. The van der Waals surface area contributed by atoms with Crippen molar-refractivity contribution in [2.45, 2.75) is 13.0 Å². The fourth-order valence-electron chi connectivity index (χ4n) is 2.54. The van der Waals surface area contributed by atoms with Gasteiger partial charge in [0.05, 0.1) is 23.7 Å².